The molecule has 1 saturated heterocycles. The number of hydrogen-bond donors (Lipinski definition) is 0. The van der Waals surface area contributed by atoms with E-state index in [2.05, 4.69) is 6.58 Å². The molecule has 148 valence electrons. The zero-order chi connectivity index (χ0) is 20.8. The number of rotatable bonds is 4. The maximum absolute atomic E-state index is 12.5. The Morgan fingerprint density at radius 2 is 1.48 bits per heavy atom. The van der Waals surface area contributed by atoms with Gasteiger partial charge in [-0.25, -0.2) is 0 Å². The molecule has 27 heavy (non-hydrogen) atoms. The third kappa shape index (κ3) is 3.38. The molecule has 0 aromatic rings. The van der Waals surface area contributed by atoms with Gasteiger partial charge in [0, 0.05) is 6.42 Å². The summed E-state index contributed by atoms with van der Waals surface area (Å²) in [5, 5.41) is 0. The molecule has 0 aromatic heterocycles. The van der Waals surface area contributed by atoms with Gasteiger partial charge in [0.2, 0.25) is 0 Å². The molecule has 1 aliphatic carbocycles. The highest BCUT2D eigenvalue weighted by molar-refractivity contribution is 6.54. The molecule has 1 aliphatic heterocycles. The summed E-state index contributed by atoms with van der Waals surface area (Å²) in [7, 11) is 1.92. The van der Waals surface area contributed by atoms with Crippen LogP contribution in [-0.2, 0) is 28.4 Å². The minimum atomic E-state index is -1.53. The smallest absolute Gasteiger partial charge is 0.468 e. The van der Waals surface area contributed by atoms with Crippen molar-refractivity contribution in [3.05, 3.63) is 34.8 Å². The summed E-state index contributed by atoms with van der Waals surface area (Å²) in [6.45, 7) is 15.6. The molecule has 0 atom stereocenters. The Morgan fingerprint density at radius 1 is 1.04 bits per heavy atom. The molecule has 0 spiro atoms. The second-order valence-corrected chi connectivity index (χ2v) is 8.22. The molecule has 6 nitrogen and oxygen atoms in total. The largest absolute Gasteiger partial charge is 0.490 e. The van der Waals surface area contributed by atoms with Crippen molar-refractivity contribution in [3.8, 4) is 0 Å². The Balaban J connectivity index is 2.56. The SMILES string of the molecule is C=C(C)C1=CC(C(=O)OC)(C(=O)OC)C/C1=C(\C)B1OC(C)(C)C(C)(C)O1. The average Bonchev–Trinajstić information content (AvgIpc) is 3.09. The van der Waals surface area contributed by atoms with Crippen molar-refractivity contribution in [1.29, 1.82) is 0 Å². The van der Waals surface area contributed by atoms with Crippen LogP contribution in [0.25, 0.3) is 0 Å². The molecule has 0 radical (unpaired) electrons. The first-order valence-corrected chi connectivity index (χ1v) is 8.94. The summed E-state index contributed by atoms with van der Waals surface area (Å²) in [5.41, 5.74) is 0.528. The predicted molar refractivity (Wildman–Crippen MR) is 103 cm³/mol. The maximum Gasteiger partial charge on any atom is 0.490 e. The lowest BCUT2D eigenvalue weighted by atomic mass is 9.73. The number of carbonyl (C=O) groups is 2. The summed E-state index contributed by atoms with van der Waals surface area (Å²) < 4.78 is 22.1. The lowest BCUT2D eigenvalue weighted by molar-refractivity contribution is -0.164. The Morgan fingerprint density at radius 3 is 1.85 bits per heavy atom. The maximum atomic E-state index is 12.5. The van der Waals surface area contributed by atoms with Gasteiger partial charge in [-0.05, 0) is 64.2 Å². The molecule has 2 rings (SSSR count). The molecule has 7 heteroatoms. The lowest BCUT2D eigenvalue weighted by Gasteiger charge is -2.32. The fourth-order valence-electron chi connectivity index (χ4n) is 3.36. The Kier molecular flexibility index (Phi) is 5.52. The summed E-state index contributed by atoms with van der Waals surface area (Å²) >= 11 is 0. The number of hydrogen-bond acceptors (Lipinski definition) is 6. The van der Waals surface area contributed by atoms with Gasteiger partial charge in [0.15, 0.2) is 5.41 Å². The van der Waals surface area contributed by atoms with Crippen LogP contribution in [-0.4, -0.2) is 44.5 Å². The van der Waals surface area contributed by atoms with E-state index in [1.54, 1.807) is 6.08 Å². The zero-order valence-corrected chi connectivity index (χ0v) is 17.5. The number of methoxy groups -OCH3 is 2. The summed E-state index contributed by atoms with van der Waals surface area (Å²) in [5.74, 6) is -1.32. The van der Waals surface area contributed by atoms with Crippen molar-refractivity contribution in [2.45, 2.75) is 59.2 Å². The second kappa shape index (κ2) is 6.95. The van der Waals surface area contributed by atoms with Crippen LogP contribution in [0.15, 0.2) is 34.8 Å². The van der Waals surface area contributed by atoms with Crippen LogP contribution in [0.4, 0.5) is 0 Å². The summed E-state index contributed by atoms with van der Waals surface area (Å²) in [6.07, 6.45) is 1.71. The average molecular weight is 376 g/mol. The van der Waals surface area contributed by atoms with Crippen molar-refractivity contribution < 1.29 is 28.4 Å². The molecule has 0 aromatic carbocycles. The lowest BCUT2D eigenvalue weighted by Crippen LogP contribution is -2.41. The van der Waals surface area contributed by atoms with E-state index in [1.807, 2.05) is 41.5 Å². The van der Waals surface area contributed by atoms with Crippen LogP contribution in [0, 0.1) is 5.41 Å². The third-order valence-corrected chi connectivity index (χ3v) is 5.81. The first-order valence-electron chi connectivity index (χ1n) is 8.94. The number of allylic oxidation sites excluding steroid dienone is 4. The van der Waals surface area contributed by atoms with Crippen molar-refractivity contribution >= 4 is 19.1 Å². The van der Waals surface area contributed by atoms with Gasteiger partial charge >= 0.3 is 19.1 Å². The van der Waals surface area contributed by atoms with Gasteiger partial charge in [-0.1, -0.05) is 12.2 Å². The molecule has 2 aliphatic rings. The highest BCUT2D eigenvalue weighted by Crippen LogP contribution is 2.47. The highest BCUT2D eigenvalue weighted by Gasteiger charge is 2.55. The molecular weight excluding hydrogens is 347 g/mol. The number of carbonyl (C=O) groups excluding carboxylic acids is 2. The van der Waals surface area contributed by atoms with Crippen LogP contribution in [0.2, 0.25) is 0 Å². The monoisotopic (exact) mass is 376 g/mol. The first kappa shape index (κ1) is 21.4. The number of esters is 2. The molecule has 0 saturated carbocycles. The fourth-order valence-corrected chi connectivity index (χ4v) is 3.36. The third-order valence-electron chi connectivity index (χ3n) is 5.81. The van der Waals surface area contributed by atoms with Crippen molar-refractivity contribution in [2.75, 3.05) is 14.2 Å². The van der Waals surface area contributed by atoms with Gasteiger partial charge in [0.25, 0.3) is 0 Å². The Bertz CT molecular complexity index is 712. The van der Waals surface area contributed by atoms with E-state index >= 15 is 0 Å². The molecule has 0 amide bonds. The van der Waals surface area contributed by atoms with Crippen LogP contribution in [0.3, 0.4) is 0 Å². The molecular formula is C20H29BO6. The van der Waals surface area contributed by atoms with E-state index in [9.17, 15) is 9.59 Å². The molecule has 1 fully saturated rings. The van der Waals surface area contributed by atoms with Gasteiger partial charge in [0.05, 0.1) is 25.4 Å². The fraction of sp³-hybridized carbons (Fsp3) is 0.600. The highest BCUT2D eigenvalue weighted by atomic mass is 16.7. The van der Waals surface area contributed by atoms with E-state index in [4.69, 9.17) is 18.8 Å². The minimum absolute atomic E-state index is 0.116. The molecule has 0 unspecified atom stereocenters. The van der Waals surface area contributed by atoms with Gasteiger partial charge < -0.3 is 18.8 Å². The predicted octanol–water partition coefficient (Wildman–Crippen LogP) is 3.17. The van der Waals surface area contributed by atoms with Crippen LogP contribution >= 0.6 is 0 Å². The van der Waals surface area contributed by atoms with E-state index in [0.29, 0.717) is 0 Å². The summed E-state index contributed by atoms with van der Waals surface area (Å²) in [6, 6.07) is 0. The molecule has 0 bridgehead atoms. The van der Waals surface area contributed by atoms with Crippen molar-refractivity contribution in [2.24, 2.45) is 5.41 Å². The number of ether oxygens (including phenoxy) is 2. The summed E-state index contributed by atoms with van der Waals surface area (Å²) in [4.78, 5) is 25.0. The van der Waals surface area contributed by atoms with Crippen LogP contribution in [0.1, 0.15) is 48.0 Å². The minimum Gasteiger partial charge on any atom is -0.468 e. The van der Waals surface area contributed by atoms with Crippen LogP contribution in [0.5, 0.6) is 0 Å². The van der Waals surface area contributed by atoms with Gasteiger partial charge in [-0.2, -0.15) is 0 Å². The second-order valence-electron chi connectivity index (χ2n) is 8.22. The normalized spacial score (nSPS) is 24.3. The topological polar surface area (TPSA) is 71.1 Å². The Labute approximate surface area is 161 Å². The first-order chi connectivity index (χ1) is 12.3. The van der Waals surface area contributed by atoms with Gasteiger partial charge in [-0.3, -0.25) is 9.59 Å². The molecule has 0 N–H and O–H groups in total. The molecule has 1 heterocycles. The van der Waals surface area contributed by atoms with Gasteiger partial charge in [-0.15, -0.1) is 0 Å². The van der Waals surface area contributed by atoms with Crippen LogP contribution < -0.4 is 0 Å². The van der Waals surface area contributed by atoms with E-state index in [1.165, 1.54) is 14.2 Å². The van der Waals surface area contributed by atoms with E-state index in [-0.39, 0.29) is 6.42 Å². The Hall–Kier alpha value is -1.86. The van der Waals surface area contributed by atoms with E-state index < -0.39 is 35.7 Å². The standard InChI is InChI=1S/C20H29BO6/c1-12(2)14-10-20(16(22)24-8,17(23)25-9)11-15(14)13(3)21-26-18(4,5)19(6,7)27-21/h10H,1,11H2,2-9H3/b15-13-. The van der Waals surface area contributed by atoms with Gasteiger partial charge in [0.1, 0.15) is 0 Å². The zero-order valence-electron chi connectivity index (χ0n) is 17.5. The van der Waals surface area contributed by atoms with Crippen molar-refractivity contribution in [1.82, 2.24) is 0 Å². The quantitative estimate of drug-likeness (QED) is 0.426. The van der Waals surface area contributed by atoms with Crippen molar-refractivity contribution in [3.63, 3.8) is 0 Å². The van der Waals surface area contributed by atoms with E-state index in [0.717, 1.165) is 22.2 Å².